The number of nitrogens with one attached hydrogen (secondary N) is 1. The zero-order chi connectivity index (χ0) is 15.0. The molecule has 20 heavy (non-hydrogen) atoms. The van der Waals surface area contributed by atoms with Crippen molar-refractivity contribution in [2.24, 2.45) is 0 Å². The van der Waals surface area contributed by atoms with Gasteiger partial charge >= 0.3 is 5.69 Å². The zero-order valence-corrected chi connectivity index (χ0v) is 11.9. The molecule has 1 aromatic carbocycles. The van der Waals surface area contributed by atoms with Crippen LogP contribution in [0, 0.1) is 22.5 Å². The van der Waals surface area contributed by atoms with Gasteiger partial charge in [-0.05, 0) is 25.0 Å². The van der Waals surface area contributed by atoms with Crippen molar-refractivity contribution in [3.05, 3.63) is 28.3 Å². The molecule has 0 spiro atoms. The number of para-hydroxylation sites is 1. The molecular weight excluding hydrogens is 256 g/mol. The van der Waals surface area contributed by atoms with Crippen LogP contribution in [0.5, 0.6) is 5.75 Å². The van der Waals surface area contributed by atoms with E-state index < -0.39 is 4.92 Å². The molecule has 0 fully saturated rings. The number of terminal acetylenes is 1. The average Bonchev–Trinajstić information content (AvgIpc) is 2.44. The Morgan fingerprint density at radius 3 is 2.80 bits per heavy atom. The van der Waals surface area contributed by atoms with Crippen molar-refractivity contribution in [2.75, 3.05) is 11.9 Å². The summed E-state index contributed by atoms with van der Waals surface area (Å²) in [7, 11) is 0. The van der Waals surface area contributed by atoms with E-state index in [1.54, 1.807) is 18.2 Å². The highest BCUT2D eigenvalue weighted by Crippen LogP contribution is 2.35. The molecule has 0 aliphatic rings. The Hall–Kier alpha value is -2.22. The van der Waals surface area contributed by atoms with Gasteiger partial charge < -0.3 is 10.1 Å². The molecule has 0 saturated heterocycles. The summed E-state index contributed by atoms with van der Waals surface area (Å²) in [4.78, 5) is 10.9. The topological polar surface area (TPSA) is 64.4 Å². The Balaban J connectivity index is 3.05. The summed E-state index contributed by atoms with van der Waals surface area (Å²) in [6, 6.07) is 5.04. The number of nitrogens with zero attached hydrogens (tertiary/aromatic N) is 1. The lowest BCUT2D eigenvalue weighted by atomic mass is 10.1. The molecule has 5 heteroatoms. The van der Waals surface area contributed by atoms with Gasteiger partial charge in [-0.1, -0.05) is 19.9 Å². The molecule has 1 aromatic rings. The van der Waals surface area contributed by atoms with Gasteiger partial charge in [0.1, 0.15) is 5.69 Å². The maximum atomic E-state index is 11.3. The van der Waals surface area contributed by atoms with Gasteiger partial charge in [0.15, 0.2) is 5.75 Å². The Bertz CT molecular complexity index is 494. The third-order valence-electron chi connectivity index (χ3n) is 2.86. The fraction of sp³-hybridized carbons (Fsp3) is 0.467. The van der Waals surface area contributed by atoms with Gasteiger partial charge in [-0.2, -0.15) is 0 Å². The largest absolute Gasteiger partial charge is 0.487 e. The lowest BCUT2D eigenvalue weighted by Crippen LogP contribution is -2.18. The minimum atomic E-state index is -0.421. The number of nitro groups is 1. The Morgan fingerprint density at radius 1 is 1.50 bits per heavy atom. The highest BCUT2D eigenvalue weighted by molar-refractivity contribution is 5.68. The van der Waals surface area contributed by atoms with Gasteiger partial charge in [0, 0.05) is 12.5 Å². The number of hydrogen-bond acceptors (Lipinski definition) is 4. The summed E-state index contributed by atoms with van der Waals surface area (Å²) in [5.41, 5.74) is 0.419. The van der Waals surface area contributed by atoms with E-state index in [0.29, 0.717) is 18.7 Å². The molecule has 5 nitrogen and oxygen atoms in total. The summed E-state index contributed by atoms with van der Waals surface area (Å²) in [6.07, 6.45) is 7.41. The molecule has 0 amide bonds. The van der Waals surface area contributed by atoms with E-state index in [-0.39, 0.29) is 17.5 Å². The van der Waals surface area contributed by atoms with Crippen molar-refractivity contribution >= 4 is 11.4 Å². The van der Waals surface area contributed by atoms with Crippen LogP contribution < -0.4 is 10.1 Å². The molecule has 0 saturated carbocycles. The predicted octanol–water partition coefficient (Wildman–Crippen LogP) is 3.60. The van der Waals surface area contributed by atoms with E-state index in [0.717, 1.165) is 12.8 Å². The summed E-state index contributed by atoms with van der Waals surface area (Å²) in [5, 5.41) is 14.4. The molecular formula is C15H20N2O3. The van der Waals surface area contributed by atoms with Gasteiger partial charge in [0.25, 0.3) is 0 Å². The third kappa shape index (κ3) is 4.16. The van der Waals surface area contributed by atoms with Crippen LogP contribution >= 0.6 is 0 Å². The first kappa shape index (κ1) is 15.8. The molecule has 0 aliphatic heterocycles. The normalized spacial score (nSPS) is 11.4. The van der Waals surface area contributed by atoms with Gasteiger partial charge in [-0.15, -0.1) is 12.3 Å². The van der Waals surface area contributed by atoms with Crippen LogP contribution in [0.25, 0.3) is 0 Å². The Morgan fingerprint density at radius 2 is 2.25 bits per heavy atom. The summed E-state index contributed by atoms with van der Waals surface area (Å²) < 4.78 is 5.44. The second kappa shape index (κ2) is 8.05. The van der Waals surface area contributed by atoms with Gasteiger partial charge in [-0.3, -0.25) is 10.1 Å². The lowest BCUT2D eigenvalue weighted by Gasteiger charge is -2.16. The van der Waals surface area contributed by atoms with Crippen molar-refractivity contribution in [3.8, 4) is 18.1 Å². The van der Waals surface area contributed by atoms with E-state index in [9.17, 15) is 10.1 Å². The fourth-order valence-corrected chi connectivity index (χ4v) is 1.82. The molecule has 1 atom stereocenters. The van der Waals surface area contributed by atoms with E-state index >= 15 is 0 Å². The first-order chi connectivity index (χ1) is 9.63. The van der Waals surface area contributed by atoms with Crippen LogP contribution in [0.2, 0.25) is 0 Å². The molecule has 108 valence electrons. The second-order valence-corrected chi connectivity index (χ2v) is 4.42. The van der Waals surface area contributed by atoms with Crippen LogP contribution in [-0.2, 0) is 0 Å². The number of ether oxygens (including phenoxy) is 1. The molecule has 0 bridgehead atoms. The maximum Gasteiger partial charge on any atom is 0.333 e. The standard InChI is InChI=1S/C15H20N2O3/c1-4-8-12(6-3)16-13-9-7-10-14(20-11-5-2)15(13)17(18)19/h1,7,9-10,12,16H,5-6,8,11H2,2-3H3. The second-order valence-electron chi connectivity index (χ2n) is 4.42. The number of nitro benzene ring substituents is 1. The summed E-state index contributed by atoms with van der Waals surface area (Å²) >= 11 is 0. The highest BCUT2D eigenvalue weighted by Gasteiger charge is 2.22. The van der Waals surface area contributed by atoms with Crippen molar-refractivity contribution in [2.45, 2.75) is 39.2 Å². The monoisotopic (exact) mass is 276 g/mol. The van der Waals surface area contributed by atoms with Gasteiger partial charge in [-0.25, -0.2) is 0 Å². The van der Waals surface area contributed by atoms with E-state index in [1.807, 2.05) is 13.8 Å². The minimum Gasteiger partial charge on any atom is -0.487 e. The van der Waals surface area contributed by atoms with Gasteiger partial charge in [0.2, 0.25) is 0 Å². The van der Waals surface area contributed by atoms with Crippen LogP contribution in [0.1, 0.15) is 33.1 Å². The lowest BCUT2D eigenvalue weighted by molar-refractivity contribution is -0.385. The minimum absolute atomic E-state index is 0.0140. The first-order valence-corrected chi connectivity index (χ1v) is 6.74. The number of rotatable bonds is 8. The number of hydrogen-bond donors (Lipinski definition) is 1. The predicted molar refractivity (Wildman–Crippen MR) is 80.0 cm³/mol. The van der Waals surface area contributed by atoms with Crippen LogP contribution in [-0.4, -0.2) is 17.6 Å². The van der Waals surface area contributed by atoms with Gasteiger partial charge in [0.05, 0.1) is 11.5 Å². The SMILES string of the molecule is C#CCC(CC)Nc1cccc(OCCC)c1[N+](=O)[O-]. The molecule has 0 aliphatic carbocycles. The fourth-order valence-electron chi connectivity index (χ4n) is 1.82. The molecule has 0 heterocycles. The van der Waals surface area contributed by atoms with Crippen LogP contribution in [0.4, 0.5) is 11.4 Å². The average molecular weight is 276 g/mol. The summed E-state index contributed by atoms with van der Waals surface area (Å²) in [6.45, 7) is 4.39. The Kier molecular flexibility index (Phi) is 6.38. The smallest absolute Gasteiger partial charge is 0.333 e. The molecule has 1 unspecified atom stereocenters. The van der Waals surface area contributed by atoms with E-state index in [2.05, 4.69) is 11.2 Å². The Labute approximate surface area is 119 Å². The van der Waals surface area contributed by atoms with Crippen molar-refractivity contribution in [1.29, 1.82) is 0 Å². The molecule has 1 rings (SSSR count). The highest BCUT2D eigenvalue weighted by atomic mass is 16.6. The third-order valence-corrected chi connectivity index (χ3v) is 2.86. The maximum absolute atomic E-state index is 11.3. The molecule has 0 radical (unpaired) electrons. The van der Waals surface area contributed by atoms with Crippen LogP contribution in [0.15, 0.2) is 18.2 Å². The molecule has 1 N–H and O–H groups in total. The van der Waals surface area contributed by atoms with Crippen molar-refractivity contribution in [3.63, 3.8) is 0 Å². The number of benzene rings is 1. The quantitative estimate of drug-likeness (QED) is 0.447. The van der Waals surface area contributed by atoms with E-state index in [1.165, 1.54) is 0 Å². The first-order valence-electron chi connectivity index (χ1n) is 6.74. The number of anilines is 1. The zero-order valence-electron chi connectivity index (χ0n) is 11.9. The van der Waals surface area contributed by atoms with Crippen molar-refractivity contribution < 1.29 is 9.66 Å². The van der Waals surface area contributed by atoms with E-state index in [4.69, 9.17) is 11.2 Å². The molecule has 0 aromatic heterocycles. The summed E-state index contributed by atoms with van der Waals surface area (Å²) in [5.74, 6) is 2.86. The van der Waals surface area contributed by atoms with Crippen molar-refractivity contribution in [1.82, 2.24) is 0 Å². The van der Waals surface area contributed by atoms with Crippen LogP contribution in [0.3, 0.4) is 0 Å².